The van der Waals surface area contributed by atoms with Crippen LogP contribution in [0.4, 0.5) is 11.4 Å². The van der Waals surface area contributed by atoms with Gasteiger partial charge in [0.2, 0.25) is 11.8 Å². The van der Waals surface area contributed by atoms with Crippen molar-refractivity contribution in [2.24, 2.45) is 0 Å². The lowest BCUT2D eigenvalue weighted by Gasteiger charge is -2.26. The molecule has 0 spiro atoms. The predicted molar refractivity (Wildman–Crippen MR) is 136 cm³/mol. The van der Waals surface area contributed by atoms with Crippen molar-refractivity contribution >= 4 is 29.3 Å². The largest absolute Gasteiger partial charge is 0.379 e. The first kappa shape index (κ1) is 24.2. The molecule has 2 fully saturated rings. The smallest absolute Gasteiger partial charge is 0.248 e. The first-order valence-electron chi connectivity index (χ1n) is 12.4. The average molecular weight is 465 g/mol. The van der Waals surface area contributed by atoms with Gasteiger partial charge in [-0.05, 0) is 68.7 Å². The van der Waals surface area contributed by atoms with Crippen molar-refractivity contribution in [1.82, 2.24) is 9.47 Å². The van der Waals surface area contributed by atoms with Gasteiger partial charge < -0.3 is 19.9 Å². The molecule has 2 aromatic rings. The van der Waals surface area contributed by atoms with E-state index in [1.165, 1.54) is 43.5 Å². The van der Waals surface area contributed by atoms with E-state index >= 15 is 0 Å². The number of nitrogens with one attached hydrogen (secondary N) is 2. The second-order valence-electron chi connectivity index (χ2n) is 9.32. The molecule has 1 saturated heterocycles. The van der Waals surface area contributed by atoms with Gasteiger partial charge in [0, 0.05) is 48.0 Å². The molecule has 0 unspecified atom stereocenters. The van der Waals surface area contributed by atoms with Crippen molar-refractivity contribution in [3.05, 3.63) is 53.4 Å². The van der Waals surface area contributed by atoms with Crippen LogP contribution in [0.25, 0.3) is 6.08 Å². The number of ether oxygens (including phenoxy) is 1. The highest BCUT2D eigenvalue weighted by molar-refractivity contribution is 6.02. The van der Waals surface area contributed by atoms with E-state index in [9.17, 15) is 9.59 Å². The molecule has 1 saturated carbocycles. The molecule has 7 heteroatoms. The Bertz CT molecular complexity index is 1010. The number of aromatic nitrogens is 1. The van der Waals surface area contributed by atoms with Gasteiger partial charge >= 0.3 is 0 Å². The third-order valence-electron chi connectivity index (χ3n) is 6.78. The number of rotatable bonds is 7. The fourth-order valence-corrected chi connectivity index (χ4v) is 5.02. The standard InChI is InChI=1S/C27H36N4O3/c1-20-18-22(21(2)31(20)25-6-4-3-5-7-25)8-13-26(32)28-23-9-11-24(12-10-23)29-27(33)19-30-14-16-34-17-15-30/h8-13,18,25H,3-7,14-17,19H2,1-2H3,(H,28,32)(H,29,33)/b13-8+. The number of aryl methyl sites for hydroxylation is 1. The van der Waals surface area contributed by atoms with Crippen molar-refractivity contribution in [3.8, 4) is 0 Å². The predicted octanol–water partition coefficient (Wildman–Crippen LogP) is 4.53. The van der Waals surface area contributed by atoms with E-state index in [0.717, 1.165) is 18.7 Å². The SMILES string of the molecule is Cc1cc(/C=C/C(=O)Nc2ccc(NC(=O)CN3CCOCC3)cc2)c(C)n1C1CCCCC1. The molecule has 2 heterocycles. The van der Waals surface area contributed by atoms with Crippen molar-refractivity contribution in [1.29, 1.82) is 0 Å². The van der Waals surface area contributed by atoms with Crippen molar-refractivity contribution in [2.75, 3.05) is 43.5 Å². The quantitative estimate of drug-likeness (QED) is 0.590. The van der Waals surface area contributed by atoms with Gasteiger partial charge in [-0.25, -0.2) is 0 Å². The summed E-state index contributed by atoms with van der Waals surface area (Å²) in [6.07, 6.45) is 9.90. The lowest BCUT2D eigenvalue weighted by Crippen LogP contribution is -2.41. The Balaban J connectivity index is 1.29. The van der Waals surface area contributed by atoms with E-state index in [4.69, 9.17) is 4.74 Å². The summed E-state index contributed by atoms with van der Waals surface area (Å²) < 4.78 is 7.76. The Labute approximate surface area is 202 Å². The zero-order valence-electron chi connectivity index (χ0n) is 20.3. The number of carbonyl (C=O) groups is 2. The molecule has 0 bridgehead atoms. The van der Waals surface area contributed by atoms with Crippen LogP contribution in [0.5, 0.6) is 0 Å². The normalized spacial score (nSPS) is 17.7. The third kappa shape index (κ3) is 6.36. The van der Waals surface area contributed by atoms with Crippen molar-refractivity contribution in [3.63, 3.8) is 0 Å². The summed E-state index contributed by atoms with van der Waals surface area (Å²) >= 11 is 0. The maximum absolute atomic E-state index is 12.5. The van der Waals surface area contributed by atoms with E-state index in [1.54, 1.807) is 30.3 Å². The van der Waals surface area contributed by atoms with Crippen LogP contribution in [-0.2, 0) is 14.3 Å². The van der Waals surface area contributed by atoms with Crippen LogP contribution < -0.4 is 10.6 Å². The van der Waals surface area contributed by atoms with Gasteiger partial charge in [-0.15, -0.1) is 0 Å². The molecular weight excluding hydrogens is 428 g/mol. The second kappa shape index (κ2) is 11.5. The summed E-state index contributed by atoms with van der Waals surface area (Å²) in [6.45, 7) is 7.54. The molecule has 7 nitrogen and oxygen atoms in total. The lowest BCUT2D eigenvalue weighted by atomic mass is 9.95. The Kier molecular flexibility index (Phi) is 8.19. The summed E-state index contributed by atoms with van der Waals surface area (Å²) in [4.78, 5) is 26.8. The van der Waals surface area contributed by atoms with Gasteiger partial charge in [-0.2, -0.15) is 0 Å². The molecule has 1 aromatic carbocycles. The Morgan fingerprint density at radius 3 is 2.32 bits per heavy atom. The Hall–Kier alpha value is -2.90. The van der Waals surface area contributed by atoms with Crippen LogP contribution in [0.3, 0.4) is 0 Å². The fraction of sp³-hybridized carbons (Fsp3) is 0.481. The van der Waals surface area contributed by atoms with Crippen LogP contribution in [0.15, 0.2) is 36.4 Å². The van der Waals surface area contributed by atoms with Gasteiger partial charge in [0.25, 0.3) is 0 Å². The van der Waals surface area contributed by atoms with Gasteiger partial charge in [0.1, 0.15) is 0 Å². The molecule has 1 aliphatic carbocycles. The topological polar surface area (TPSA) is 75.6 Å². The Morgan fingerprint density at radius 2 is 1.65 bits per heavy atom. The number of anilines is 2. The summed E-state index contributed by atoms with van der Waals surface area (Å²) in [5, 5.41) is 5.80. The van der Waals surface area contributed by atoms with Crippen molar-refractivity contribution in [2.45, 2.75) is 52.0 Å². The van der Waals surface area contributed by atoms with E-state index < -0.39 is 0 Å². The first-order valence-corrected chi connectivity index (χ1v) is 12.4. The molecule has 1 aromatic heterocycles. The minimum Gasteiger partial charge on any atom is -0.379 e. The molecule has 4 rings (SSSR count). The van der Waals surface area contributed by atoms with Gasteiger partial charge in [-0.1, -0.05) is 19.3 Å². The number of carbonyl (C=O) groups excluding carboxylic acids is 2. The van der Waals surface area contributed by atoms with E-state index in [1.807, 2.05) is 6.08 Å². The van der Waals surface area contributed by atoms with Crippen molar-refractivity contribution < 1.29 is 14.3 Å². The van der Waals surface area contributed by atoms with E-state index in [-0.39, 0.29) is 11.8 Å². The molecular formula is C27H36N4O3. The molecule has 0 atom stereocenters. The number of morpholine rings is 1. The summed E-state index contributed by atoms with van der Waals surface area (Å²) in [5.74, 6) is -0.223. The Morgan fingerprint density at radius 1 is 1.00 bits per heavy atom. The molecule has 2 N–H and O–H groups in total. The van der Waals surface area contributed by atoms with Crippen LogP contribution in [0, 0.1) is 13.8 Å². The molecule has 1 aliphatic heterocycles. The highest BCUT2D eigenvalue weighted by Gasteiger charge is 2.19. The minimum atomic E-state index is -0.174. The fourth-order valence-electron chi connectivity index (χ4n) is 5.02. The molecule has 2 aliphatic rings. The number of hydrogen-bond donors (Lipinski definition) is 2. The molecule has 0 radical (unpaired) electrons. The van der Waals surface area contributed by atoms with Crippen LogP contribution in [0.2, 0.25) is 0 Å². The van der Waals surface area contributed by atoms with Crippen LogP contribution in [0.1, 0.15) is 55.1 Å². The van der Waals surface area contributed by atoms with E-state index in [2.05, 4.69) is 40.0 Å². The number of amides is 2. The van der Waals surface area contributed by atoms with Gasteiger partial charge in [0.05, 0.1) is 19.8 Å². The van der Waals surface area contributed by atoms with Gasteiger partial charge in [0.15, 0.2) is 0 Å². The number of hydrogen-bond acceptors (Lipinski definition) is 4. The maximum atomic E-state index is 12.5. The lowest BCUT2D eigenvalue weighted by molar-refractivity contribution is -0.118. The third-order valence-corrected chi connectivity index (χ3v) is 6.78. The highest BCUT2D eigenvalue weighted by atomic mass is 16.5. The summed E-state index contributed by atoms with van der Waals surface area (Å²) in [7, 11) is 0. The molecule has 34 heavy (non-hydrogen) atoms. The maximum Gasteiger partial charge on any atom is 0.248 e. The molecule has 2 amide bonds. The van der Waals surface area contributed by atoms with Crippen LogP contribution in [-0.4, -0.2) is 54.1 Å². The van der Waals surface area contributed by atoms with Gasteiger partial charge in [-0.3, -0.25) is 14.5 Å². The zero-order valence-corrected chi connectivity index (χ0v) is 20.3. The number of benzene rings is 1. The highest BCUT2D eigenvalue weighted by Crippen LogP contribution is 2.32. The summed E-state index contributed by atoms with van der Waals surface area (Å²) in [6, 6.07) is 9.94. The molecule has 182 valence electrons. The zero-order chi connectivity index (χ0) is 23.9. The average Bonchev–Trinajstić information content (AvgIpc) is 3.13. The van der Waals surface area contributed by atoms with E-state index in [0.29, 0.717) is 37.2 Å². The number of nitrogens with zero attached hydrogens (tertiary/aromatic N) is 2. The minimum absolute atomic E-state index is 0.0487. The monoisotopic (exact) mass is 464 g/mol. The summed E-state index contributed by atoms with van der Waals surface area (Å²) in [5.41, 5.74) is 4.98. The first-order chi connectivity index (χ1) is 16.5. The van der Waals surface area contributed by atoms with Crippen LogP contribution >= 0.6 is 0 Å². The second-order valence-corrected chi connectivity index (χ2v) is 9.32.